The fourth-order valence-electron chi connectivity index (χ4n) is 2.01. The summed E-state index contributed by atoms with van der Waals surface area (Å²) in [7, 11) is 0. The van der Waals surface area contributed by atoms with Crippen LogP contribution in [0.5, 0.6) is 0 Å². The van der Waals surface area contributed by atoms with Crippen LogP contribution < -0.4 is 0 Å². The van der Waals surface area contributed by atoms with Crippen molar-refractivity contribution in [1.82, 2.24) is 4.98 Å². The van der Waals surface area contributed by atoms with Gasteiger partial charge in [-0.05, 0) is 36.8 Å². The molecule has 0 aromatic carbocycles. The van der Waals surface area contributed by atoms with E-state index in [1.807, 2.05) is 6.07 Å². The molecule has 1 heterocycles. The number of pyridine rings is 1. The molecule has 0 bridgehead atoms. The first-order valence-corrected chi connectivity index (χ1v) is 5.24. The number of rotatable bonds is 1. The number of hydrogen-bond acceptors (Lipinski definition) is 2. The summed E-state index contributed by atoms with van der Waals surface area (Å²) in [4.78, 5) is 15.0. The minimum Gasteiger partial charge on any atom is -0.298 e. The molecule has 1 unspecified atom stereocenters. The van der Waals surface area contributed by atoms with Gasteiger partial charge in [-0.2, -0.15) is 0 Å². The molecule has 0 saturated heterocycles. The molecule has 3 heteroatoms. The number of fused-ring (bicyclic) bond motifs is 1. The number of hydrogen-bond donors (Lipinski definition) is 0. The van der Waals surface area contributed by atoms with E-state index in [4.69, 9.17) is 11.6 Å². The van der Waals surface area contributed by atoms with Crippen molar-refractivity contribution in [3.05, 3.63) is 28.0 Å². The summed E-state index contributed by atoms with van der Waals surface area (Å²) in [5, 5.41) is 0.340. The van der Waals surface area contributed by atoms with Gasteiger partial charge >= 0.3 is 0 Å². The van der Waals surface area contributed by atoms with Crippen molar-refractivity contribution in [3.63, 3.8) is 0 Å². The van der Waals surface area contributed by atoms with E-state index in [2.05, 4.69) is 11.9 Å². The Bertz CT molecular complexity index is 376. The van der Waals surface area contributed by atoms with Gasteiger partial charge in [0.25, 0.3) is 0 Å². The highest BCUT2D eigenvalue weighted by molar-refractivity contribution is 6.31. The van der Waals surface area contributed by atoms with Gasteiger partial charge in [-0.25, -0.2) is 4.98 Å². The third-order valence-corrected chi connectivity index (χ3v) is 3.10. The fourth-order valence-corrected chi connectivity index (χ4v) is 2.20. The third-order valence-electron chi connectivity index (χ3n) is 2.79. The fraction of sp³-hybridized carbons (Fsp3) is 0.455. The lowest BCUT2D eigenvalue weighted by Crippen LogP contribution is -2.10. The first kappa shape index (κ1) is 9.66. The molecule has 14 heavy (non-hydrogen) atoms. The molecule has 0 fully saturated rings. The second-order valence-electron chi connectivity index (χ2n) is 3.82. The van der Waals surface area contributed by atoms with E-state index in [0.29, 0.717) is 16.6 Å². The molecule has 0 saturated carbocycles. The molecule has 1 aliphatic carbocycles. The Kier molecular flexibility index (Phi) is 2.55. The topological polar surface area (TPSA) is 30.0 Å². The lowest BCUT2D eigenvalue weighted by molar-refractivity contribution is 0.112. The van der Waals surface area contributed by atoms with Crippen molar-refractivity contribution in [2.75, 3.05) is 0 Å². The van der Waals surface area contributed by atoms with E-state index in [1.165, 1.54) is 12.0 Å². The molecule has 1 aromatic heterocycles. The maximum atomic E-state index is 10.7. The van der Waals surface area contributed by atoms with Crippen LogP contribution in [0.25, 0.3) is 0 Å². The summed E-state index contributed by atoms with van der Waals surface area (Å²) in [6.07, 6.45) is 4.13. The predicted octanol–water partition coefficient (Wildman–Crippen LogP) is 2.99. The van der Waals surface area contributed by atoms with Gasteiger partial charge in [-0.3, -0.25) is 4.79 Å². The largest absolute Gasteiger partial charge is 0.298 e. The van der Waals surface area contributed by atoms with Crippen molar-refractivity contribution in [2.24, 2.45) is 0 Å². The van der Waals surface area contributed by atoms with Crippen LogP contribution in [0.4, 0.5) is 0 Å². The highest BCUT2D eigenvalue weighted by atomic mass is 35.5. The molecule has 0 amide bonds. The quantitative estimate of drug-likeness (QED) is 0.526. The number of carbonyl (C=O) groups excluding carboxylic acids is 1. The molecule has 2 nitrogen and oxygen atoms in total. The van der Waals surface area contributed by atoms with E-state index >= 15 is 0 Å². The van der Waals surface area contributed by atoms with Crippen molar-refractivity contribution in [3.8, 4) is 0 Å². The zero-order valence-corrected chi connectivity index (χ0v) is 8.84. The Hall–Kier alpha value is -0.890. The SMILES string of the molecule is CC1CCCc2cc(C=O)c(Cl)nc21. The van der Waals surface area contributed by atoms with Crippen LogP contribution in [0.2, 0.25) is 5.15 Å². The number of aldehydes is 1. The third kappa shape index (κ3) is 1.55. The molecular formula is C11H12ClNO. The zero-order chi connectivity index (χ0) is 10.1. The van der Waals surface area contributed by atoms with Gasteiger partial charge in [-0.15, -0.1) is 0 Å². The highest BCUT2D eigenvalue weighted by Crippen LogP contribution is 2.31. The van der Waals surface area contributed by atoms with Crippen LogP contribution in [-0.4, -0.2) is 11.3 Å². The predicted molar refractivity (Wildman–Crippen MR) is 56.0 cm³/mol. The minimum atomic E-state index is 0.340. The van der Waals surface area contributed by atoms with Gasteiger partial charge in [0.2, 0.25) is 0 Å². The highest BCUT2D eigenvalue weighted by Gasteiger charge is 2.19. The van der Waals surface area contributed by atoms with Crippen molar-refractivity contribution < 1.29 is 4.79 Å². The van der Waals surface area contributed by atoms with Crippen molar-refractivity contribution in [1.29, 1.82) is 0 Å². The Balaban J connectivity index is 2.53. The number of carbonyl (C=O) groups is 1. The summed E-state index contributed by atoms with van der Waals surface area (Å²) < 4.78 is 0. The number of aromatic nitrogens is 1. The molecule has 0 radical (unpaired) electrons. The normalized spacial score (nSPS) is 20.3. The second-order valence-corrected chi connectivity index (χ2v) is 4.18. The average molecular weight is 210 g/mol. The minimum absolute atomic E-state index is 0.340. The lowest BCUT2D eigenvalue weighted by Gasteiger charge is -2.21. The average Bonchev–Trinajstić information content (AvgIpc) is 2.19. The zero-order valence-electron chi connectivity index (χ0n) is 8.09. The van der Waals surface area contributed by atoms with E-state index in [9.17, 15) is 4.79 Å². The van der Waals surface area contributed by atoms with Crippen molar-refractivity contribution in [2.45, 2.75) is 32.1 Å². The summed E-state index contributed by atoms with van der Waals surface area (Å²) in [6.45, 7) is 2.15. The lowest BCUT2D eigenvalue weighted by atomic mass is 9.87. The van der Waals surface area contributed by atoms with Gasteiger partial charge < -0.3 is 0 Å². The Morgan fingerprint density at radius 2 is 2.43 bits per heavy atom. The molecule has 0 N–H and O–H groups in total. The number of aryl methyl sites for hydroxylation is 1. The van der Waals surface area contributed by atoms with Crippen LogP contribution in [0, 0.1) is 0 Å². The molecule has 74 valence electrons. The van der Waals surface area contributed by atoms with Crippen molar-refractivity contribution >= 4 is 17.9 Å². The first-order valence-electron chi connectivity index (χ1n) is 4.87. The van der Waals surface area contributed by atoms with E-state index < -0.39 is 0 Å². The molecule has 1 atom stereocenters. The molecule has 2 rings (SSSR count). The van der Waals surface area contributed by atoms with Gasteiger partial charge in [0.15, 0.2) is 6.29 Å². The van der Waals surface area contributed by atoms with Crippen LogP contribution in [-0.2, 0) is 6.42 Å². The van der Waals surface area contributed by atoms with Gasteiger partial charge in [0.1, 0.15) is 5.15 Å². The first-order chi connectivity index (χ1) is 6.72. The number of nitrogens with zero attached hydrogens (tertiary/aromatic N) is 1. The monoisotopic (exact) mass is 209 g/mol. The van der Waals surface area contributed by atoms with Crippen LogP contribution in [0.3, 0.4) is 0 Å². The maximum absolute atomic E-state index is 10.7. The summed E-state index contributed by atoms with van der Waals surface area (Å²) in [5.41, 5.74) is 2.78. The summed E-state index contributed by atoms with van der Waals surface area (Å²) in [5.74, 6) is 0.469. The molecular weight excluding hydrogens is 198 g/mol. The van der Waals surface area contributed by atoms with Gasteiger partial charge in [-0.1, -0.05) is 18.5 Å². The van der Waals surface area contributed by atoms with E-state index in [-0.39, 0.29) is 0 Å². The van der Waals surface area contributed by atoms with Gasteiger partial charge in [0, 0.05) is 5.69 Å². The Morgan fingerprint density at radius 1 is 1.64 bits per heavy atom. The Morgan fingerprint density at radius 3 is 3.14 bits per heavy atom. The molecule has 0 aliphatic heterocycles. The second kappa shape index (κ2) is 3.70. The van der Waals surface area contributed by atoms with Crippen LogP contribution >= 0.6 is 11.6 Å². The van der Waals surface area contributed by atoms with E-state index in [1.54, 1.807) is 0 Å². The number of halogens is 1. The standard InChI is InChI=1S/C11H12ClNO/c1-7-3-2-4-8-5-9(6-14)11(12)13-10(7)8/h5-7H,2-4H2,1H3. The van der Waals surface area contributed by atoms with Gasteiger partial charge in [0.05, 0.1) is 5.56 Å². The molecule has 1 aromatic rings. The van der Waals surface area contributed by atoms with Crippen LogP contribution in [0.1, 0.15) is 47.3 Å². The smallest absolute Gasteiger partial charge is 0.153 e. The van der Waals surface area contributed by atoms with E-state index in [0.717, 1.165) is 24.8 Å². The summed E-state index contributed by atoms with van der Waals surface area (Å²) >= 11 is 5.88. The maximum Gasteiger partial charge on any atom is 0.153 e. The summed E-state index contributed by atoms with van der Waals surface area (Å²) in [6, 6.07) is 1.88. The van der Waals surface area contributed by atoms with Crippen LogP contribution in [0.15, 0.2) is 6.07 Å². The Labute approximate surface area is 88.3 Å². The molecule has 0 spiro atoms. The molecule has 1 aliphatic rings.